The second kappa shape index (κ2) is 6.18. The molecule has 0 aliphatic heterocycles. The third-order valence-corrected chi connectivity index (χ3v) is 3.07. The predicted octanol–water partition coefficient (Wildman–Crippen LogP) is 3.52. The van der Waals surface area contributed by atoms with Crippen LogP contribution in [0.2, 0.25) is 5.15 Å². The summed E-state index contributed by atoms with van der Waals surface area (Å²) < 4.78 is 0. The molecule has 1 N–H and O–H groups in total. The zero-order chi connectivity index (χ0) is 15.6. The standard InChI is InChI=1S/C15H17ClN4O/c1-8(2)12-6-11(7-13(16)19-12)14(21)20-15-17-9(3)5-10(4)18-15/h5-8H,1-4H3,(H,17,18,20,21). The molecular formula is C15H17ClN4O. The van der Waals surface area contributed by atoms with Gasteiger partial charge < -0.3 is 0 Å². The van der Waals surface area contributed by atoms with Crippen molar-refractivity contribution in [2.45, 2.75) is 33.6 Å². The Morgan fingerprint density at radius 1 is 1.10 bits per heavy atom. The number of amides is 1. The van der Waals surface area contributed by atoms with Crippen molar-refractivity contribution in [1.29, 1.82) is 0 Å². The second-order valence-corrected chi connectivity index (χ2v) is 5.57. The minimum atomic E-state index is -0.300. The number of nitrogens with one attached hydrogen (secondary N) is 1. The van der Waals surface area contributed by atoms with Gasteiger partial charge in [-0.25, -0.2) is 15.0 Å². The number of aromatic nitrogens is 3. The maximum atomic E-state index is 12.3. The van der Waals surface area contributed by atoms with Crippen LogP contribution < -0.4 is 5.32 Å². The van der Waals surface area contributed by atoms with Crippen LogP contribution in [0.15, 0.2) is 18.2 Å². The summed E-state index contributed by atoms with van der Waals surface area (Å²) in [5, 5.41) is 2.98. The normalized spacial score (nSPS) is 10.8. The van der Waals surface area contributed by atoms with Crippen LogP contribution >= 0.6 is 11.6 Å². The van der Waals surface area contributed by atoms with Crippen molar-refractivity contribution >= 4 is 23.5 Å². The first-order chi connectivity index (χ1) is 9.85. The van der Waals surface area contributed by atoms with Gasteiger partial charge in [0.2, 0.25) is 5.95 Å². The average molecular weight is 305 g/mol. The zero-order valence-electron chi connectivity index (χ0n) is 12.4. The van der Waals surface area contributed by atoms with E-state index in [2.05, 4.69) is 20.3 Å². The molecule has 0 saturated carbocycles. The number of carbonyl (C=O) groups is 1. The summed E-state index contributed by atoms with van der Waals surface area (Å²) in [6.45, 7) is 7.69. The number of aryl methyl sites for hydroxylation is 2. The molecule has 0 unspecified atom stereocenters. The quantitative estimate of drug-likeness (QED) is 0.881. The Bertz CT molecular complexity index is 665. The molecule has 110 valence electrons. The summed E-state index contributed by atoms with van der Waals surface area (Å²) in [7, 11) is 0. The van der Waals surface area contributed by atoms with Gasteiger partial charge in [0.05, 0.1) is 0 Å². The third kappa shape index (κ3) is 3.98. The number of pyridine rings is 1. The molecule has 0 bridgehead atoms. The topological polar surface area (TPSA) is 67.8 Å². The van der Waals surface area contributed by atoms with Gasteiger partial charge in [0, 0.05) is 22.6 Å². The van der Waals surface area contributed by atoms with E-state index < -0.39 is 0 Å². The van der Waals surface area contributed by atoms with Crippen LogP contribution in [0.25, 0.3) is 0 Å². The molecule has 0 aliphatic carbocycles. The van der Waals surface area contributed by atoms with Crippen molar-refractivity contribution in [3.63, 3.8) is 0 Å². The molecule has 0 atom stereocenters. The van der Waals surface area contributed by atoms with Gasteiger partial charge in [-0.1, -0.05) is 25.4 Å². The summed E-state index contributed by atoms with van der Waals surface area (Å²) >= 11 is 5.97. The molecule has 0 aromatic carbocycles. The van der Waals surface area contributed by atoms with E-state index in [1.807, 2.05) is 33.8 Å². The summed E-state index contributed by atoms with van der Waals surface area (Å²) in [6, 6.07) is 5.11. The van der Waals surface area contributed by atoms with Crippen LogP contribution in [0.4, 0.5) is 5.95 Å². The van der Waals surface area contributed by atoms with Gasteiger partial charge >= 0.3 is 0 Å². The van der Waals surface area contributed by atoms with Crippen molar-refractivity contribution in [1.82, 2.24) is 15.0 Å². The lowest BCUT2D eigenvalue weighted by molar-refractivity contribution is 0.102. The van der Waals surface area contributed by atoms with Gasteiger partial charge in [-0.15, -0.1) is 0 Å². The highest BCUT2D eigenvalue weighted by Crippen LogP contribution is 2.18. The molecule has 2 rings (SSSR count). The van der Waals surface area contributed by atoms with Crippen LogP contribution in [0.1, 0.15) is 47.2 Å². The van der Waals surface area contributed by atoms with E-state index in [1.165, 1.54) is 6.07 Å². The highest BCUT2D eigenvalue weighted by atomic mass is 35.5. The Labute approximate surface area is 128 Å². The van der Waals surface area contributed by atoms with Crippen LogP contribution in [0.5, 0.6) is 0 Å². The molecule has 0 saturated heterocycles. The summed E-state index contributed by atoms with van der Waals surface area (Å²) in [6.07, 6.45) is 0. The molecule has 0 fully saturated rings. The fourth-order valence-corrected chi connectivity index (χ4v) is 2.11. The van der Waals surface area contributed by atoms with E-state index in [0.717, 1.165) is 17.1 Å². The molecule has 6 heteroatoms. The van der Waals surface area contributed by atoms with Crippen LogP contribution in [0, 0.1) is 13.8 Å². The summed E-state index contributed by atoms with van der Waals surface area (Å²) in [5.41, 5.74) is 2.82. The molecule has 2 aromatic heterocycles. The summed E-state index contributed by atoms with van der Waals surface area (Å²) in [5.74, 6) is 0.176. The minimum absolute atomic E-state index is 0.188. The van der Waals surface area contributed by atoms with Crippen LogP contribution in [-0.4, -0.2) is 20.9 Å². The van der Waals surface area contributed by atoms with E-state index in [9.17, 15) is 4.79 Å². The smallest absolute Gasteiger partial charge is 0.258 e. The van der Waals surface area contributed by atoms with Crippen LogP contribution in [0.3, 0.4) is 0 Å². The third-order valence-electron chi connectivity index (χ3n) is 2.88. The molecule has 0 radical (unpaired) electrons. The van der Waals surface area contributed by atoms with Gasteiger partial charge in [-0.05, 0) is 38.0 Å². The molecule has 2 heterocycles. The molecular weight excluding hydrogens is 288 g/mol. The van der Waals surface area contributed by atoms with E-state index in [4.69, 9.17) is 11.6 Å². The molecule has 5 nitrogen and oxygen atoms in total. The number of hydrogen-bond donors (Lipinski definition) is 1. The lowest BCUT2D eigenvalue weighted by Crippen LogP contribution is -2.15. The number of carbonyl (C=O) groups excluding carboxylic acids is 1. The first-order valence-corrected chi connectivity index (χ1v) is 7.04. The largest absolute Gasteiger partial charge is 0.290 e. The van der Waals surface area contributed by atoms with Gasteiger partial charge in [0.15, 0.2) is 0 Å². The highest BCUT2D eigenvalue weighted by Gasteiger charge is 2.13. The average Bonchev–Trinajstić information content (AvgIpc) is 2.36. The highest BCUT2D eigenvalue weighted by molar-refractivity contribution is 6.29. The number of anilines is 1. The van der Waals surface area contributed by atoms with E-state index in [1.54, 1.807) is 6.07 Å². The van der Waals surface area contributed by atoms with Gasteiger partial charge in [0.25, 0.3) is 5.91 Å². The zero-order valence-corrected chi connectivity index (χ0v) is 13.2. The number of hydrogen-bond acceptors (Lipinski definition) is 4. The van der Waals surface area contributed by atoms with Crippen molar-refractivity contribution in [2.24, 2.45) is 0 Å². The Hall–Kier alpha value is -2.01. The monoisotopic (exact) mass is 304 g/mol. The minimum Gasteiger partial charge on any atom is -0.290 e. The van der Waals surface area contributed by atoms with Gasteiger partial charge in [-0.3, -0.25) is 10.1 Å². The molecule has 1 amide bonds. The number of halogens is 1. The van der Waals surface area contributed by atoms with E-state index >= 15 is 0 Å². The molecule has 0 spiro atoms. The maximum absolute atomic E-state index is 12.3. The Morgan fingerprint density at radius 2 is 1.71 bits per heavy atom. The Morgan fingerprint density at radius 3 is 2.29 bits per heavy atom. The van der Waals surface area contributed by atoms with Crippen LogP contribution in [-0.2, 0) is 0 Å². The second-order valence-electron chi connectivity index (χ2n) is 5.19. The number of rotatable bonds is 3. The first-order valence-electron chi connectivity index (χ1n) is 6.66. The predicted molar refractivity (Wildman–Crippen MR) is 82.8 cm³/mol. The maximum Gasteiger partial charge on any atom is 0.258 e. The Kier molecular flexibility index (Phi) is 4.53. The summed E-state index contributed by atoms with van der Waals surface area (Å²) in [4.78, 5) is 24.9. The van der Waals surface area contributed by atoms with Crippen molar-refractivity contribution in [3.05, 3.63) is 46.0 Å². The van der Waals surface area contributed by atoms with Crippen molar-refractivity contribution in [3.8, 4) is 0 Å². The number of nitrogens with zero attached hydrogens (tertiary/aromatic N) is 3. The van der Waals surface area contributed by atoms with Gasteiger partial charge in [-0.2, -0.15) is 0 Å². The molecule has 2 aromatic rings. The molecule has 21 heavy (non-hydrogen) atoms. The SMILES string of the molecule is Cc1cc(C)nc(NC(=O)c2cc(Cl)nc(C(C)C)c2)n1. The van der Waals surface area contributed by atoms with E-state index in [0.29, 0.717) is 10.7 Å². The Balaban J connectivity index is 2.28. The molecule has 0 aliphatic rings. The van der Waals surface area contributed by atoms with Gasteiger partial charge in [0.1, 0.15) is 5.15 Å². The fourth-order valence-electron chi connectivity index (χ4n) is 1.90. The first kappa shape index (κ1) is 15.4. The van der Waals surface area contributed by atoms with Crippen molar-refractivity contribution < 1.29 is 4.79 Å². The van der Waals surface area contributed by atoms with Crippen molar-refractivity contribution in [2.75, 3.05) is 5.32 Å². The fraction of sp³-hybridized carbons (Fsp3) is 0.333. The van der Waals surface area contributed by atoms with E-state index in [-0.39, 0.29) is 17.8 Å². The lowest BCUT2D eigenvalue weighted by Gasteiger charge is -2.09. The lowest BCUT2D eigenvalue weighted by atomic mass is 10.1.